The van der Waals surface area contributed by atoms with Crippen molar-refractivity contribution in [2.24, 2.45) is 0 Å². The van der Waals surface area contributed by atoms with E-state index in [-0.39, 0.29) is 0 Å². The van der Waals surface area contributed by atoms with Crippen LogP contribution in [0.25, 0.3) is 51.1 Å². The summed E-state index contributed by atoms with van der Waals surface area (Å²) in [6, 6.07) is 54.9. The number of hydrogen-bond donors (Lipinski definition) is 1. The number of nitrogens with one attached hydrogen (secondary N) is 1. The molecule has 1 N–H and O–H groups in total. The van der Waals surface area contributed by atoms with Crippen molar-refractivity contribution in [2.75, 3.05) is 10.2 Å². The van der Waals surface area contributed by atoms with E-state index in [2.05, 4.69) is 162 Å². The summed E-state index contributed by atoms with van der Waals surface area (Å²) in [6.45, 7) is 0. The van der Waals surface area contributed by atoms with Gasteiger partial charge in [0.15, 0.2) is 0 Å². The van der Waals surface area contributed by atoms with E-state index in [1.165, 1.54) is 51.1 Å². The van der Waals surface area contributed by atoms with E-state index in [0.29, 0.717) is 0 Å². The minimum absolute atomic E-state index is 1.10. The smallest absolute Gasteiger partial charge is 0.0476 e. The fourth-order valence-corrected chi connectivity index (χ4v) is 8.56. The Morgan fingerprint density at radius 3 is 1.89 bits per heavy atom. The zero-order valence-corrected chi connectivity index (χ0v) is 25.3. The summed E-state index contributed by atoms with van der Waals surface area (Å²) in [5, 5.41) is 11.3. The molecule has 0 saturated carbocycles. The van der Waals surface area contributed by atoms with Gasteiger partial charge in [0.2, 0.25) is 0 Å². The van der Waals surface area contributed by atoms with E-state index in [1.807, 2.05) is 22.7 Å². The zero-order valence-electron chi connectivity index (χ0n) is 23.7. The third-order valence-corrected chi connectivity index (χ3v) is 10.7. The van der Waals surface area contributed by atoms with Crippen molar-refractivity contribution in [3.63, 3.8) is 0 Å². The van der Waals surface area contributed by atoms with E-state index >= 15 is 0 Å². The Morgan fingerprint density at radius 1 is 0.364 bits per heavy atom. The Hall–Kier alpha value is -5.16. The molecule has 0 aliphatic rings. The molecule has 0 bridgehead atoms. The molecular weight excluding hydrogens is 573 g/mol. The van der Waals surface area contributed by atoms with Crippen LogP contribution < -0.4 is 10.2 Å². The molecule has 0 spiro atoms. The lowest BCUT2D eigenvalue weighted by atomic mass is 10.1. The average Bonchev–Trinajstić information content (AvgIpc) is 3.62. The SMILES string of the molecule is c1ccc(N(c2ccc3c(c2)sc2cc(Nc4ccc5ccccc5c4)ccc23)c2ccc3sc4ccccc4c3c2)cc1. The van der Waals surface area contributed by atoms with Crippen LogP contribution in [0.5, 0.6) is 0 Å². The Labute approximate surface area is 263 Å². The third-order valence-electron chi connectivity index (χ3n) is 8.39. The topological polar surface area (TPSA) is 15.3 Å². The lowest BCUT2D eigenvalue weighted by Crippen LogP contribution is -2.09. The largest absolute Gasteiger partial charge is 0.355 e. The first-order chi connectivity index (χ1) is 21.8. The molecule has 208 valence electrons. The summed E-state index contributed by atoms with van der Waals surface area (Å²) >= 11 is 3.71. The molecule has 0 amide bonds. The minimum Gasteiger partial charge on any atom is -0.355 e. The molecule has 7 aromatic carbocycles. The molecule has 9 aromatic rings. The molecule has 0 fully saturated rings. The van der Waals surface area contributed by atoms with Gasteiger partial charge in [-0.1, -0.05) is 78.9 Å². The fraction of sp³-hybridized carbons (Fsp3) is 0. The van der Waals surface area contributed by atoms with Crippen LogP contribution in [-0.2, 0) is 0 Å². The van der Waals surface area contributed by atoms with Crippen LogP contribution in [-0.4, -0.2) is 0 Å². The van der Waals surface area contributed by atoms with Crippen molar-refractivity contribution >= 4 is 102 Å². The summed E-state index contributed by atoms with van der Waals surface area (Å²) in [6.07, 6.45) is 0. The van der Waals surface area contributed by atoms with Gasteiger partial charge in [-0.25, -0.2) is 0 Å². The number of thiophene rings is 2. The molecule has 0 unspecified atom stereocenters. The lowest BCUT2D eigenvalue weighted by molar-refractivity contribution is 1.30. The molecule has 0 saturated heterocycles. The number of hydrogen-bond acceptors (Lipinski definition) is 4. The molecule has 0 radical (unpaired) electrons. The van der Waals surface area contributed by atoms with E-state index in [0.717, 1.165) is 28.4 Å². The van der Waals surface area contributed by atoms with Gasteiger partial charge in [0, 0.05) is 68.8 Å². The molecule has 44 heavy (non-hydrogen) atoms. The van der Waals surface area contributed by atoms with Gasteiger partial charge >= 0.3 is 0 Å². The van der Waals surface area contributed by atoms with E-state index < -0.39 is 0 Å². The Morgan fingerprint density at radius 2 is 0.977 bits per heavy atom. The molecule has 2 aromatic heterocycles. The van der Waals surface area contributed by atoms with Crippen molar-refractivity contribution < 1.29 is 0 Å². The predicted molar refractivity (Wildman–Crippen MR) is 194 cm³/mol. The number of anilines is 5. The predicted octanol–water partition coefficient (Wildman–Crippen LogP) is 12.8. The van der Waals surface area contributed by atoms with Crippen molar-refractivity contribution in [1.29, 1.82) is 0 Å². The maximum absolute atomic E-state index is 3.63. The Kier molecular flexibility index (Phi) is 5.90. The molecular formula is C40H26N2S2. The second-order valence-corrected chi connectivity index (χ2v) is 13.3. The summed E-state index contributed by atoms with van der Waals surface area (Å²) in [5.41, 5.74) is 5.66. The quantitative estimate of drug-likeness (QED) is 0.212. The second kappa shape index (κ2) is 10.2. The monoisotopic (exact) mass is 598 g/mol. The summed E-state index contributed by atoms with van der Waals surface area (Å²) < 4.78 is 5.20. The molecule has 2 heterocycles. The standard InChI is InChI=1S/C40H26N2S2/c1-2-10-30(11-3-1)42(31-18-21-38-36(24-31)33-12-6-7-13-37(33)43-38)32-17-20-35-34-19-16-29(23-39(34)44-40(35)25-32)41-28-15-14-26-8-4-5-9-27(26)22-28/h1-25,41H. The first kappa shape index (κ1) is 25.3. The first-order valence-electron chi connectivity index (χ1n) is 14.8. The van der Waals surface area contributed by atoms with Crippen LogP contribution in [0.15, 0.2) is 152 Å². The lowest BCUT2D eigenvalue weighted by Gasteiger charge is -2.25. The number of benzene rings is 7. The Balaban J connectivity index is 1.13. The highest BCUT2D eigenvalue weighted by Crippen LogP contribution is 2.43. The van der Waals surface area contributed by atoms with Gasteiger partial charge in [0.05, 0.1) is 0 Å². The van der Waals surface area contributed by atoms with Gasteiger partial charge < -0.3 is 10.2 Å². The third kappa shape index (κ3) is 4.31. The van der Waals surface area contributed by atoms with E-state index in [9.17, 15) is 0 Å². The van der Waals surface area contributed by atoms with Gasteiger partial charge in [-0.05, 0) is 83.6 Å². The van der Waals surface area contributed by atoms with Gasteiger partial charge in [-0.3, -0.25) is 0 Å². The fourth-order valence-electron chi connectivity index (χ4n) is 6.29. The normalized spacial score (nSPS) is 11.6. The summed E-state index contributed by atoms with van der Waals surface area (Å²) in [4.78, 5) is 2.38. The number of rotatable bonds is 5. The highest BCUT2D eigenvalue weighted by molar-refractivity contribution is 7.26. The highest BCUT2D eigenvalue weighted by Gasteiger charge is 2.16. The maximum Gasteiger partial charge on any atom is 0.0476 e. The molecule has 0 atom stereocenters. The van der Waals surface area contributed by atoms with Crippen molar-refractivity contribution in [1.82, 2.24) is 0 Å². The average molecular weight is 599 g/mol. The van der Waals surface area contributed by atoms with Crippen LogP contribution in [0.2, 0.25) is 0 Å². The van der Waals surface area contributed by atoms with Crippen LogP contribution in [0.3, 0.4) is 0 Å². The number of nitrogens with zero attached hydrogens (tertiary/aromatic N) is 1. The van der Waals surface area contributed by atoms with Gasteiger partial charge in [-0.15, -0.1) is 22.7 Å². The van der Waals surface area contributed by atoms with Gasteiger partial charge in [0.1, 0.15) is 0 Å². The van der Waals surface area contributed by atoms with E-state index in [1.54, 1.807) is 0 Å². The van der Waals surface area contributed by atoms with E-state index in [4.69, 9.17) is 0 Å². The second-order valence-electron chi connectivity index (χ2n) is 11.1. The molecule has 0 aliphatic heterocycles. The van der Waals surface area contributed by atoms with Crippen LogP contribution in [0.1, 0.15) is 0 Å². The van der Waals surface area contributed by atoms with Crippen LogP contribution >= 0.6 is 22.7 Å². The Bertz CT molecular complexity index is 2490. The number of fused-ring (bicyclic) bond motifs is 7. The summed E-state index contributed by atoms with van der Waals surface area (Å²) in [5.74, 6) is 0. The van der Waals surface area contributed by atoms with Gasteiger partial charge in [-0.2, -0.15) is 0 Å². The molecule has 4 heteroatoms. The number of para-hydroxylation sites is 1. The molecule has 0 aliphatic carbocycles. The first-order valence-corrected chi connectivity index (χ1v) is 16.4. The zero-order chi connectivity index (χ0) is 29.0. The molecule has 9 rings (SSSR count). The van der Waals surface area contributed by atoms with Crippen molar-refractivity contribution in [2.45, 2.75) is 0 Å². The minimum atomic E-state index is 1.10. The highest BCUT2D eigenvalue weighted by atomic mass is 32.1. The maximum atomic E-state index is 3.63. The van der Waals surface area contributed by atoms with Gasteiger partial charge in [0.25, 0.3) is 0 Å². The van der Waals surface area contributed by atoms with Crippen LogP contribution in [0.4, 0.5) is 28.4 Å². The van der Waals surface area contributed by atoms with Crippen LogP contribution in [0, 0.1) is 0 Å². The summed E-state index contributed by atoms with van der Waals surface area (Å²) in [7, 11) is 0. The molecule has 2 nitrogen and oxygen atoms in total. The van der Waals surface area contributed by atoms with Crippen molar-refractivity contribution in [3.8, 4) is 0 Å². The van der Waals surface area contributed by atoms with Crippen molar-refractivity contribution in [3.05, 3.63) is 152 Å².